The van der Waals surface area contributed by atoms with Gasteiger partial charge in [0.25, 0.3) is 0 Å². The minimum Gasteiger partial charge on any atom is -0.635 e. The SMILES string of the molecule is C[N+](C)(CCCCCCCCCCCCOP(=O)(O)O)CCCCCCCCCCCCO[P+]([O-])([O-])O. The average Bonchev–Trinajstić information content (AvgIpc) is 2.78. The second kappa shape index (κ2) is 23.1. The van der Waals surface area contributed by atoms with Crippen LogP contribution in [0.1, 0.15) is 128 Å². The van der Waals surface area contributed by atoms with Crippen molar-refractivity contribution >= 4 is 16.0 Å². The number of nitrogens with zero attached hydrogens (tertiary/aromatic N) is 1. The van der Waals surface area contributed by atoms with Crippen LogP contribution in [0.4, 0.5) is 0 Å². The summed E-state index contributed by atoms with van der Waals surface area (Å²) in [6.07, 6.45) is 23.3. The van der Waals surface area contributed by atoms with Gasteiger partial charge in [-0.3, -0.25) is 4.52 Å². The molecule has 0 saturated carbocycles. The lowest BCUT2D eigenvalue weighted by atomic mass is 10.1. The van der Waals surface area contributed by atoms with Gasteiger partial charge in [-0.1, -0.05) is 89.9 Å². The number of phosphoric acid groups is 2. The third kappa shape index (κ3) is 32.5. The number of quaternary nitrogens is 1. The molecule has 0 heterocycles. The largest absolute Gasteiger partial charge is 0.635 e. The first-order chi connectivity index (χ1) is 17.4. The quantitative estimate of drug-likeness (QED) is 0.0643. The fraction of sp³-hybridized carbons (Fsp3) is 1.00. The number of phosphoric ester groups is 2. The van der Waals surface area contributed by atoms with E-state index in [1.807, 2.05) is 0 Å². The van der Waals surface area contributed by atoms with Gasteiger partial charge in [0.2, 0.25) is 0 Å². The van der Waals surface area contributed by atoms with Gasteiger partial charge in [0, 0.05) is 0 Å². The molecule has 0 unspecified atom stereocenters. The highest BCUT2D eigenvalue weighted by Gasteiger charge is 2.14. The maximum absolute atomic E-state index is 10.6. The zero-order chi connectivity index (χ0) is 27.9. The molecule has 0 amide bonds. The van der Waals surface area contributed by atoms with Gasteiger partial charge in [0.15, 0.2) is 8.17 Å². The van der Waals surface area contributed by atoms with Crippen LogP contribution in [0.25, 0.3) is 0 Å². The van der Waals surface area contributed by atoms with E-state index >= 15 is 0 Å². The second-order valence-corrected chi connectivity index (χ2v) is 13.5. The summed E-state index contributed by atoms with van der Waals surface area (Å²) in [7, 11) is -4.13. The van der Waals surface area contributed by atoms with Crippen LogP contribution in [-0.2, 0) is 13.6 Å². The molecule has 11 heteroatoms. The zero-order valence-electron chi connectivity index (χ0n) is 23.7. The highest BCUT2D eigenvalue weighted by Crippen LogP contribution is 2.36. The van der Waals surface area contributed by atoms with Crippen LogP contribution in [0.2, 0.25) is 0 Å². The minimum absolute atomic E-state index is 0.0828. The van der Waals surface area contributed by atoms with E-state index in [0.29, 0.717) is 12.8 Å². The molecule has 0 aromatic heterocycles. The lowest BCUT2D eigenvalue weighted by molar-refractivity contribution is -0.890. The van der Waals surface area contributed by atoms with Crippen LogP contribution >= 0.6 is 16.0 Å². The summed E-state index contributed by atoms with van der Waals surface area (Å²) in [5.41, 5.74) is 0. The predicted molar refractivity (Wildman–Crippen MR) is 147 cm³/mol. The fourth-order valence-electron chi connectivity index (χ4n) is 4.59. The molecule has 0 fully saturated rings. The first kappa shape index (κ1) is 37.3. The Morgan fingerprint density at radius 3 is 1.22 bits per heavy atom. The molecule has 0 rings (SSSR count). The molecule has 0 aliphatic rings. The zero-order valence-corrected chi connectivity index (χ0v) is 25.5. The Kier molecular flexibility index (Phi) is 23.3. The van der Waals surface area contributed by atoms with Crippen LogP contribution in [0.5, 0.6) is 0 Å². The highest BCUT2D eigenvalue weighted by molar-refractivity contribution is 7.50. The lowest BCUT2D eigenvalue weighted by Crippen LogP contribution is -2.41. The van der Waals surface area contributed by atoms with Crippen LogP contribution in [0, 0.1) is 0 Å². The lowest BCUT2D eigenvalue weighted by Gasteiger charge is -2.30. The molecule has 3 N–H and O–H groups in total. The van der Waals surface area contributed by atoms with E-state index in [1.54, 1.807) is 0 Å². The first-order valence-corrected chi connectivity index (χ1v) is 17.6. The van der Waals surface area contributed by atoms with Crippen molar-refractivity contribution in [1.29, 1.82) is 0 Å². The maximum Gasteiger partial charge on any atom is 0.469 e. The number of rotatable bonds is 28. The summed E-state index contributed by atoms with van der Waals surface area (Å²) in [5.74, 6) is 0. The highest BCUT2D eigenvalue weighted by atomic mass is 31.2. The molecular weight excluding hydrogens is 516 g/mol. The van der Waals surface area contributed by atoms with E-state index < -0.39 is 16.0 Å². The molecule has 0 bridgehead atoms. The van der Waals surface area contributed by atoms with Gasteiger partial charge in [0.1, 0.15) is 0 Å². The summed E-state index contributed by atoms with van der Waals surface area (Å²) in [6.45, 7) is 2.74. The molecule has 224 valence electrons. The smallest absolute Gasteiger partial charge is 0.469 e. The van der Waals surface area contributed by atoms with E-state index in [4.69, 9.17) is 14.7 Å². The molecule has 9 nitrogen and oxygen atoms in total. The van der Waals surface area contributed by atoms with E-state index in [1.165, 1.54) is 103 Å². The normalized spacial score (nSPS) is 12.9. The topological polar surface area (TPSA) is 142 Å². The third-order valence-electron chi connectivity index (χ3n) is 6.83. The molecule has 0 atom stereocenters. The molecule has 0 radical (unpaired) electrons. The molecule has 0 aliphatic carbocycles. The summed E-state index contributed by atoms with van der Waals surface area (Å²) in [4.78, 5) is 46.7. The number of hydrogen-bond acceptors (Lipinski definition) is 6. The molecule has 37 heavy (non-hydrogen) atoms. The average molecular weight is 574 g/mol. The number of unbranched alkanes of at least 4 members (excludes halogenated alkanes) is 18. The molecule has 0 aliphatic heterocycles. The van der Waals surface area contributed by atoms with Crippen molar-refractivity contribution in [2.24, 2.45) is 0 Å². The summed E-state index contributed by atoms with van der Waals surface area (Å²) >= 11 is 0. The molecule has 0 aromatic carbocycles. The molecule has 0 spiro atoms. The third-order valence-corrected chi connectivity index (χ3v) is 7.86. The van der Waals surface area contributed by atoms with E-state index in [-0.39, 0.29) is 13.2 Å². The van der Waals surface area contributed by atoms with Gasteiger partial charge in [-0.25, -0.2) is 14.0 Å². The van der Waals surface area contributed by atoms with Crippen molar-refractivity contribution in [1.82, 2.24) is 0 Å². The Morgan fingerprint density at radius 1 is 0.595 bits per heavy atom. The van der Waals surface area contributed by atoms with Crippen molar-refractivity contribution in [3.63, 3.8) is 0 Å². The Balaban J connectivity index is 3.35. The summed E-state index contributed by atoms with van der Waals surface area (Å²) in [5, 5.41) is 0. The van der Waals surface area contributed by atoms with Gasteiger partial charge in [-0.05, 0) is 38.5 Å². The van der Waals surface area contributed by atoms with Crippen molar-refractivity contribution in [2.45, 2.75) is 128 Å². The Labute approximate surface area is 227 Å². The van der Waals surface area contributed by atoms with Crippen LogP contribution in [-0.4, -0.2) is 59.6 Å². The Bertz CT molecular complexity index is 555. The van der Waals surface area contributed by atoms with Gasteiger partial charge < -0.3 is 24.1 Å². The van der Waals surface area contributed by atoms with Crippen LogP contribution in [0.3, 0.4) is 0 Å². The fourth-order valence-corrected chi connectivity index (χ4v) is 5.31. The monoisotopic (exact) mass is 573 g/mol. The molecular formula is C26H57NO8P2. The Hall–Kier alpha value is 0.340. The standard InChI is InChI=1S/C26H57NO8P2/c1-27(2,23-19-15-11-7-3-5-9-13-17-21-25-34-36(28,29)30)24-20-16-12-8-4-6-10-14-18-22-26-35-37(31,32)33/h3-26H2,1-2H3,(H3-,28,29,30,31,32,33). The summed E-state index contributed by atoms with van der Waals surface area (Å²) < 4.78 is 20.5. The predicted octanol–water partition coefficient (Wildman–Crippen LogP) is 5.38. The Morgan fingerprint density at radius 2 is 0.892 bits per heavy atom. The van der Waals surface area contributed by atoms with Crippen molar-refractivity contribution in [3.05, 3.63) is 0 Å². The van der Waals surface area contributed by atoms with E-state index in [9.17, 15) is 14.4 Å². The summed E-state index contributed by atoms with van der Waals surface area (Å²) in [6, 6.07) is 0. The van der Waals surface area contributed by atoms with Crippen molar-refractivity contribution in [3.8, 4) is 0 Å². The molecule has 0 aromatic rings. The van der Waals surface area contributed by atoms with E-state index in [2.05, 4.69) is 23.1 Å². The van der Waals surface area contributed by atoms with Gasteiger partial charge in [-0.2, -0.15) is 0 Å². The minimum atomic E-state index is -4.54. The van der Waals surface area contributed by atoms with Gasteiger partial charge >= 0.3 is 7.82 Å². The van der Waals surface area contributed by atoms with Crippen molar-refractivity contribution in [2.75, 3.05) is 40.4 Å². The van der Waals surface area contributed by atoms with Gasteiger partial charge in [0.05, 0.1) is 40.4 Å². The van der Waals surface area contributed by atoms with Crippen LogP contribution < -0.4 is 9.79 Å². The van der Waals surface area contributed by atoms with Crippen molar-refractivity contribution < 1.29 is 42.6 Å². The maximum atomic E-state index is 10.6. The first-order valence-electron chi connectivity index (χ1n) is 14.6. The second-order valence-electron chi connectivity index (χ2n) is 11.1. The number of hydrogen-bond donors (Lipinski definition) is 3. The van der Waals surface area contributed by atoms with E-state index in [0.717, 1.165) is 30.2 Å². The molecule has 0 saturated heterocycles. The van der Waals surface area contributed by atoms with Gasteiger partial charge in [-0.15, -0.1) is 0 Å². The van der Waals surface area contributed by atoms with Crippen LogP contribution in [0.15, 0.2) is 0 Å².